The molecule has 2 heterocycles. The molecule has 4 rings (SSSR count). The van der Waals surface area contributed by atoms with Crippen LogP contribution in [0.3, 0.4) is 0 Å². The highest BCUT2D eigenvalue weighted by Crippen LogP contribution is 2.35. The van der Waals surface area contributed by atoms with Crippen LogP contribution in [0.15, 0.2) is 48.5 Å². The first-order valence-electron chi connectivity index (χ1n) is 9.04. The van der Waals surface area contributed by atoms with Crippen molar-refractivity contribution < 1.29 is 13.9 Å². The fourth-order valence-electron chi connectivity index (χ4n) is 3.63. The van der Waals surface area contributed by atoms with E-state index in [2.05, 4.69) is 29.7 Å². The van der Waals surface area contributed by atoms with Gasteiger partial charge in [0.2, 0.25) is 0 Å². The van der Waals surface area contributed by atoms with Crippen molar-refractivity contribution in [1.29, 1.82) is 0 Å². The van der Waals surface area contributed by atoms with Gasteiger partial charge >= 0.3 is 0 Å². The first-order chi connectivity index (χ1) is 13.1. The number of thiol groups is 1. The van der Waals surface area contributed by atoms with Crippen LogP contribution in [0.5, 0.6) is 0 Å². The highest BCUT2D eigenvalue weighted by Gasteiger charge is 2.42. The van der Waals surface area contributed by atoms with Gasteiger partial charge in [0.05, 0.1) is 13.2 Å². The van der Waals surface area contributed by atoms with E-state index in [0.29, 0.717) is 5.69 Å². The molecule has 1 amide bonds. The Kier molecular flexibility index (Phi) is 4.97. The van der Waals surface area contributed by atoms with Crippen molar-refractivity contribution in [3.05, 3.63) is 54.3 Å². The number of ether oxygens (including phenoxy) is 1. The molecule has 27 heavy (non-hydrogen) atoms. The van der Waals surface area contributed by atoms with Crippen molar-refractivity contribution in [3.8, 4) is 0 Å². The molecular formula is C20H22FN3O2S. The minimum Gasteiger partial charge on any atom is -0.378 e. The lowest BCUT2D eigenvalue weighted by atomic mass is 10.2. The van der Waals surface area contributed by atoms with Crippen molar-refractivity contribution in [2.45, 2.75) is 18.5 Å². The van der Waals surface area contributed by atoms with Gasteiger partial charge in [0.25, 0.3) is 5.91 Å². The third-order valence-corrected chi connectivity index (χ3v) is 5.60. The number of amides is 1. The van der Waals surface area contributed by atoms with Gasteiger partial charge in [-0.25, -0.2) is 4.39 Å². The van der Waals surface area contributed by atoms with Crippen molar-refractivity contribution in [1.82, 2.24) is 0 Å². The fraction of sp³-hybridized carbons (Fsp3) is 0.350. The molecule has 0 N–H and O–H groups in total. The summed E-state index contributed by atoms with van der Waals surface area (Å²) in [6.07, 6.45) is 0. The molecule has 2 atom stereocenters. The van der Waals surface area contributed by atoms with Crippen LogP contribution < -0.4 is 14.7 Å². The molecule has 142 valence electrons. The number of carbonyl (C=O) groups is 1. The van der Waals surface area contributed by atoms with E-state index in [1.807, 2.05) is 24.0 Å². The number of nitrogens with zero attached hydrogens (tertiary/aromatic N) is 3. The highest BCUT2D eigenvalue weighted by molar-refractivity contribution is 7.81. The summed E-state index contributed by atoms with van der Waals surface area (Å²) < 4.78 is 18.6. The van der Waals surface area contributed by atoms with E-state index in [0.717, 1.165) is 37.7 Å². The summed E-state index contributed by atoms with van der Waals surface area (Å²) in [5.74, 6) is -0.386. The molecule has 0 spiro atoms. The van der Waals surface area contributed by atoms with Gasteiger partial charge in [0.1, 0.15) is 11.9 Å². The molecule has 2 aliphatic heterocycles. The average Bonchev–Trinajstić information content (AvgIpc) is 2.92. The topological polar surface area (TPSA) is 36.0 Å². The number of anilines is 3. The van der Waals surface area contributed by atoms with E-state index < -0.39 is 5.50 Å². The summed E-state index contributed by atoms with van der Waals surface area (Å²) in [7, 11) is 0. The minimum atomic E-state index is -0.452. The summed E-state index contributed by atoms with van der Waals surface area (Å²) >= 11 is 4.69. The lowest BCUT2D eigenvalue weighted by Gasteiger charge is -2.31. The SMILES string of the molecule is CC1C(=O)N(c2ccc(F)cc2)C(S)N1c1ccc(N2CCOCC2)cc1. The Morgan fingerprint density at radius 2 is 1.52 bits per heavy atom. The maximum atomic E-state index is 13.2. The quantitative estimate of drug-likeness (QED) is 0.821. The fourth-order valence-corrected chi connectivity index (χ4v) is 4.22. The van der Waals surface area contributed by atoms with Gasteiger partial charge in [0, 0.05) is 30.2 Å². The number of halogens is 1. The predicted molar refractivity (Wildman–Crippen MR) is 108 cm³/mol. The van der Waals surface area contributed by atoms with Crippen molar-refractivity contribution in [3.63, 3.8) is 0 Å². The zero-order chi connectivity index (χ0) is 19.0. The highest BCUT2D eigenvalue weighted by atomic mass is 32.1. The zero-order valence-corrected chi connectivity index (χ0v) is 16.0. The molecule has 2 aromatic carbocycles. The molecule has 2 aromatic rings. The molecule has 2 unspecified atom stereocenters. The summed E-state index contributed by atoms with van der Waals surface area (Å²) in [5.41, 5.74) is 2.26. The van der Waals surface area contributed by atoms with Crippen LogP contribution in [0.4, 0.5) is 21.5 Å². The molecule has 0 saturated carbocycles. The average molecular weight is 387 g/mol. The Morgan fingerprint density at radius 1 is 0.963 bits per heavy atom. The molecule has 0 aliphatic carbocycles. The lowest BCUT2D eigenvalue weighted by Crippen LogP contribution is -2.37. The number of hydrogen-bond donors (Lipinski definition) is 1. The summed E-state index contributed by atoms with van der Waals surface area (Å²) in [6, 6.07) is 13.7. The van der Waals surface area contributed by atoms with Gasteiger partial charge in [-0.2, -0.15) is 0 Å². The second kappa shape index (κ2) is 7.40. The second-order valence-electron chi connectivity index (χ2n) is 6.73. The number of morpholine rings is 1. The first kappa shape index (κ1) is 18.1. The van der Waals surface area contributed by atoms with E-state index in [1.165, 1.54) is 12.1 Å². The molecule has 7 heteroatoms. The van der Waals surface area contributed by atoms with Gasteiger partial charge in [-0.1, -0.05) is 0 Å². The minimum absolute atomic E-state index is 0.0566. The molecule has 2 saturated heterocycles. The summed E-state index contributed by atoms with van der Waals surface area (Å²) in [4.78, 5) is 18.7. The Morgan fingerprint density at radius 3 is 2.15 bits per heavy atom. The third-order valence-electron chi connectivity index (χ3n) is 5.12. The molecule has 0 aromatic heterocycles. The van der Waals surface area contributed by atoms with Crippen molar-refractivity contribution >= 4 is 35.6 Å². The number of rotatable bonds is 3. The molecule has 2 fully saturated rings. The number of hydrogen-bond acceptors (Lipinski definition) is 5. The van der Waals surface area contributed by atoms with Gasteiger partial charge in [0.15, 0.2) is 5.50 Å². The lowest BCUT2D eigenvalue weighted by molar-refractivity contribution is -0.117. The zero-order valence-electron chi connectivity index (χ0n) is 15.1. The first-order valence-corrected chi connectivity index (χ1v) is 9.56. The Hall–Kier alpha value is -2.25. The Bertz CT molecular complexity index is 809. The summed E-state index contributed by atoms with van der Waals surface area (Å²) in [6.45, 7) is 5.11. The number of carbonyl (C=O) groups excluding carboxylic acids is 1. The normalized spacial score (nSPS) is 23.2. The van der Waals surface area contributed by atoms with E-state index in [9.17, 15) is 9.18 Å². The smallest absolute Gasteiger partial charge is 0.251 e. The van der Waals surface area contributed by atoms with Crippen LogP contribution >= 0.6 is 12.6 Å². The van der Waals surface area contributed by atoms with Crippen LogP contribution in [0.1, 0.15) is 6.92 Å². The molecule has 0 bridgehead atoms. The van der Waals surface area contributed by atoms with E-state index >= 15 is 0 Å². The van der Waals surface area contributed by atoms with Gasteiger partial charge in [-0.05, 0) is 55.5 Å². The molecular weight excluding hydrogens is 365 g/mol. The third kappa shape index (κ3) is 3.37. The van der Waals surface area contributed by atoms with Crippen LogP contribution in [-0.2, 0) is 9.53 Å². The molecule has 0 radical (unpaired) electrons. The second-order valence-corrected chi connectivity index (χ2v) is 7.19. The van der Waals surface area contributed by atoms with E-state index in [1.54, 1.807) is 17.0 Å². The van der Waals surface area contributed by atoms with E-state index in [4.69, 9.17) is 4.74 Å². The maximum absolute atomic E-state index is 13.2. The monoisotopic (exact) mass is 387 g/mol. The van der Waals surface area contributed by atoms with Crippen LogP contribution in [-0.4, -0.2) is 43.8 Å². The predicted octanol–water partition coefficient (Wildman–Crippen LogP) is 3.12. The van der Waals surface area contributed by atoms with Crippen LogP contribution in [0.25, 0.3) is 0 Å². The largest absolute Gasteiger partial charge is 0.378 e. The molecule has 2 aliphatic rings. The van der Waals surface area contributed by atoms with Gasteiger partial charge in [-0.3, -0.25) is 9.69 Å². The Balaban J connectivity index is 1.57. The van der Waals surface area contributed by atoms with Crippen molar-refractivity contribution in [2.75, 3.05) is 41.0 Å². The van der Waals surface area contributed by atoms with Crippen LogP contribution in [0, 0.1) is 5.82 Å². The number of benzene rings is 2. The maximum Gasteiger partial charge on any atom is 0.251 e. The summed E-state index contributed by atoms with van der Waals surface area (Å²) in [5, 5.41) is 0. The standard InChI is InChI=1S/C20H22FN3O2S/c1-14-19(25)24(18-4-2-15(21)3-5-18)20(27)23(14)17-8-6-16(7-9-17)22-10-12-26-13-11-22/h2-9,14,20,27H,10-13H2,1H3. The van der Waals surface area contributed by atoms with Crippen LogP contribution in [0.2, 0.25) is 0 Å². The van der Waals surface area contributed by atoms with Gasteiger partial charge in [-0.15, -0.1) is 12.6 Å². The Labute approximate surface area is 163 Å². The van der Waals surface area contributed by atoms with Crippen molar-refractivity contribution in [2.24, 2.45) is 0 Å². The van der Waals surface area contributed by atoms with E-state index in [-0.39, 0.29) is 17.8 Å². The van der Waals surface area contributed by atoms with Gasteiger partial charge < -0.3 is 14.5 Å². The molecule has 5 nitrogen and oxygen atoms in total.